The Hall–Kier alpha value is -1.70. The summed E-state index contributed by atoms with van der Waals surface area (Å²) in [5.74, 6) is -0.797. The van der Waals surface area contributed by atoms with Crippen LogP contribution in [0.4, 0.5) is 22.7 Å². The van der Waals surface area contributed by atoms with E-state index in [-0.39, 0.29) is 15.7 Å². The monoisotopic (exact) mass is 263 g/mol. The van der Waals surface area contributed by atoms with E-state index >= 15 is 0 Å². The van der Waals surface area contributed by atoms with E-state index in [1.165, 1.54) is 0 Å². The predicted molar refractivity (Wildman–Crippen MR) is 54.7 cm³/mol. The van der Waals surface area contributed by atoms with E-state index in [1.54, 1.807) is 0 Å². The SMILES string of the molecule is Nc1nnc(-c2cc(C(F)(F)F)ccc2F)s1. The van der Waals surface area contributed by atoms with Gasteiger partial charge in [-0.1, -0.05) is 11.3 Å². The third kappa shape index (κ3) is 2.36. The molecule has 0 fully saturated rings. The number of hydrogen-bond donors (Lipinski definition) is 1. The first-order chi connectivity index (χ1) is 7.88. The molecule has 0 saturated heterocycles. The minimum Gasteiger partial charge on any atom is -0.374 e. The third-order valence-electron chi connectivity index (χ3n) is 1.96. The van der Waals surface area contributed by atoms with Gasteiger partial charge in [0.25, 0.3) is 0 Å². The van der Waals surface area contributed by atoms with Crippen molar-refractivity contribution in [3.63, 3.8) is 0 Å². The molecule has 8 heteroatoms. The molecule has 0 aliphatic rings. The molecule has 0 saturated carbocycles. The van der Waals surface area contributed by atoms with Crippen LogP contribution in [0.25, 0.3) is 10.6 Å². The quantitative estimate of drug-likeness (QED) is 0.805. The van der Waals surface area contributed by atoms with Crippen LogP contribution < -0.4 is 5.73 Å². The van der Waals surface area contributed by atoms with E-state index in [1.807, 2.05) is 0 Å². The fourth-order valence-corrected chi connectivity index (χ4v) is 1.84. The van der Waals surface area contributed by atoms with Gasteiger partial charge >= 0.3 is 6.18 Å². The van der Waals surface area contributed by atoms with Gasteiger partial charge in [0, 0.05) is 5.56 Å². The topological polar surface area (TPSA) is 51.8 Å². The Morgan fingerprint density at radius 3 is 2.41 bits per heavy atom. The van der Waals surface area contributed by atoms with Crippen LogP contribution in [0.15, 0.2) is 18.2 Å². The number of nitrogen functional groups attached to an aromatic ring is 1. The Bertz CT molecular complexity index is 549. The molecule has 1 heterocycles. The largest absolute Gasteiger partial charge is 0.416 e. The molecular weight excluding hydrogens is 258 g/mol. The zero-order chi connectivity index (χ0) is 12.6. The molecular formula is C9H5F4N3S. The molecule has 0 unspecified atom stereocenters. The fourth-order valence-electron chi connectivity index (χ4n) is 1.21. The van der Waals surface area contributed by atoms with Gasteiger partial charge in [-0.3, -0.25) is 0 Å². The maximum atomic E-state index is 13.4. The first-order valence-corrected chi connectivity index (χ1v) is 5.15. The average molecular weight is 263 g/mol. The van der Waals surface area contributed by atoms with Crippen molar-refractivity contribution in [1.29, 1.82) is 0 Å². The molecule has 0 atom stereocenters. The molecule has 0 amide bonds. The molecule has 17 heavy (non-hydrogen) atoms. The molecule has 0 aliphatic carbocycles. The number of aromatic nitrogens is 2. The highest BCUT2D eigenvalue weighted by atomic mass is 32.1. The third-order valence-corrected chi connectivity index (χ3v) is 2.75. The predicted octanol–water partition coefficient (Wildman–Crippen LogP) is 2.95. The van der Waals surface area contributed by atoms with E-state index in [9.17, 15) is 17.6 Å². The van der Waals surface area contributed by atoms with E-state index < -0.39 is 17.6 Å². The van der Waals surface area contributed by atoms with Crippen molar-refractivity contribution >= 4 is 16.5 Å². The van der Waals surface area contributed by atoms with Gasteiger partial charge in [-0.25, -0.2) is 4.39 Å². The smallest absolute Gasteiger partial charge is 0.374 e. The summed E-state index contributed by atoms with van der Waals surface area (Å²) >= 11 is 0.823. The van der Waals surface area contributed by atoms with Crippen LogP contribution in [0.5, 0.6) is 0 Å². The highest BCUT2D eigenvalue weighted by Gasteiger charge is 2.31. The Labute approximate surface area is 96.9 Å². The number of nitrogens with two attached hydrogens (primary N) is 1. The number of benzene rings is 1. The van der Waals surface area contributed by atoms with Crippen molar-refractivity contribution in [1.82, 2.24) is 10.2 Å². The molecule has 2 rings (SSSR count). The molecule has 2 aromatic rings. The van der Waals surface area contributed by atoms with Gasteiger partial charge < -0.3 is 5.73 Å². The zero-order valence-electron chi connectivity index (χ0n) is 8.12. The minimum atomic E-state index is -4.53. The lowest BCUT2D eigenvalue weighted by molar-refractivity contribution is -0.137. The molecule has 0 spiro atoms. The summed E-state index contributed by atoms with van der Waals surface area (Å²) in [6.07, 6.45) is -4.53. The number of alkyl halides is 3. The van der Waals surface area contributed by atoms with Crippen molar-refractivity contribution in [2.24, 2.45) is 0 Å². The Kier molecular flexibility index (Phi) is 2.74. The number of hydrogen-bond acceptors (Lipinski definition) is 4. The van der Waals surface area contributed by atoms with Crippen LogP contribution >= 0.6 is 11.3 Å². The Balaban J connectivity index is 2.54. The molecule has 2 N–H and O–H groups in total. The normalized spacial score (nSPS) is 11.8. The van der Waals surface area contributed by atoms with Crippen LogP contribution in [-0.2, 0) is 6.18 Å². The maximum Gasteiger partial charge on any atom is 0.416 e. The molecule has 0 radical (unpaired) electrons. The lowest BCUT2D eigenvalue weighted by Gasteiger charge is -2.07. The first kappa shape index (κ1) is 11.8. The van der Waals surface area contributed by atoms with Gasteiger partial charge in [-0.05, 0) is 18.2 Å². The van der Waals surface area contributed by atoms with Crippen LogP contribution in [0.1, 0.15) is 5.56 Å². The van der Waals surface area contributed by atoms with Gasteiger partial charge in [0.15, 0.2) is 5.01 Å². The van der Waals surface area contributed by atoms with Crippen molar-refractivity contribution in [3.8, 4) is 10.6 Å². The number of rotatable bonds is 1. The van der Waals surface area contributed by atoms with Crippen LogP contribution in [0.3, 0.4) is 0 Å². The summed E-state index contributed by atoms with van der Waals surface area (Å²) in [7, 11) is 0. The standard InChI is InChI=1S/C9H5F4N3S/c10-6-2-1-4(9(11,12)13)3-5(6)7-15-16-8(14)17-7/h1-3H,(H2,14,16). The second kappa shape index (κ2) is 3.95. The van der Waals surface area contributed by atoms with Crippen LogP contribution in [0.2, 0.25) is 0 Å². The minimum absolute atomic E-state index is 0.0195. The number of nitrogens with zero attached hydrogens (tertiary/aromatic N) is 2. The zero-order valence-corrected chi connectivity index (χ0v) is 8.94. The molecule has 3 nitrogen and oxygen atoms in total. The fraction of sp³-hybridized carbons (Fsp3) is 0.111. The number of halogens is 4. The van der Waals surface area contributed by atoms with Gasteiger partial charge in [0.1, 0.15) is 5.82 Å². The first-order valence-electron chi connectivity index (χ1n) is 4.34. The summed E-state index contributed by atoms with van der Waals surface area (Å²) in [5, 5.41) is 7.02. The molecule has 0 aliphatic heterocycles. The summed E-state index contributed by atoms with van der Waals surface area (Å²) in [6, 6.07) is 2.11. The summed E-state index contributed by atoms with van der Waals surface area (Å²) in [5.41, 5.74) is 4.09. The number of anilines is 1. The second-order valence-electron chi connectivity index (χ2n) is 3.14. The van der Waals surface area contributed by atoms with Crippen molar-refractivity contribution in [2.75, 3.05) is 5.73 Å². The molecule has 0 bridgehead atoms. The van der Waals surface area contributed by atoms with Gasteiger partial charge in [-0.2, -0.15) is 13.2 Å². The van der Waals surface area contributed by atoms with Gasteiger partial charge in [-0.15, -0.1) is 10.2 Å². The second-order valence-corrected chi connectivity index (χ2v) is 4.15. The Morgan fingerprint density at radius 1 is 1.18 bits per heavy atom. The van der Waals surface area contributed by atoms with Gasteiger partial charge in [0.05, 0.1) is 5.56 Å². The lowest BCUT2D eigenvalue weighted by Crippen LogP contribution is -2.05. The van der Waals surface area contributed by atoms with E-state index in [0.717, 1.165) is 17.4 Å². The van der Waals surface area contributed by atoms with Crippen molar-refractivity contribution in [3.05, 3.63) is 29.6 Å². The summed E-state index contributed by atoms with van der Waals surface area (Å²) < 4.78 is 50.7. The van der Waals surface area contributed by atoms with E-state index in [4.69, 9.17) is 5.73 Å². The molecule has 1 aromatic heterocycles. The Morgan fingerprint density at radius 2 is 1.88 bits per heavy atom. The van der Waals surface area contributed by atoms with Crippen molar-refractivity contribution in [2.45, 2.75) is 6.18 Å². The van der Waals surface area contributed by atoms with Crippen LogP contribution in [0, 0.1) is 5.82 Å². The van der Waals surface area contributed by atoms with Crippen molar-refractivity contribution < 1.29 is 17.6 Å². The van der Waals surface area contributed by atoms with Crippen LogP contribution in [-0.4, -0.2) is 10.2 Å². The maximum absolute atomic E-state index is 13.4. The molecule has 90 valence electrons. The van der Waals surface area contributed by atoms with Gasteiger partial charge in [0.2, 0.25) is 5.13 Å². The average Bonchev–Trinajstić information content (AvgIpc) is 2.63. The van der Waals surface area contributed by atoms with E-state index in [0.29, 0.717) is 12.1 Å². The summed E-state index contributed by atoms with van der Waals surface area (Å²) in [4.78, 5) is 0. The highest BCUT2D eigenvalue weighted by molar-refractivity contribution is 7.18. The van der Waals surface area contributed by atoms with E-state index in [2.05, 4.69) is 10.2 Å². The lowest BCUT2D eigenvalue weighted by atomic mass is 10.1. The summed E-state index contributed by atoms with van der Waals surface area (Å²) in [6.45, 7) is 0. The molecule has 1 aromatic carbocycles. The highest BCUT2D eigenvalue weighted by Crippen LogP contribution is 2.34.